The van der Waals surface area contributed by atoms with Crippen molar-refractivity contribution in [2.45, 2.75) is 25.8 Å². The fourth-order valence-electron chi connectivity index (χ4n) is 2.22. The first-order chi connectivity index (χ1) is 9.23. The van der Waals surface area contributed by atoms with Crippen LogP contribution in [0.15, 0.2) is 18.2 Å². The lowest BCUT2D eigenvalue weighted by atomic mass is 10.0. The molecular formula is C15H20N2O2. The SMILES string of the molecule is COc1ccc(CNCC2(CC#N)CC2)c(OC)c1. The van der Waals surface area contributed by atoms with Gasteiger partial charge in [0.1, 0.15) is 11.5 Å². The Hall–Kier alpha value is -1.73. The number of hydrogen-bond acceptors (Lipinski definition) is 4. The summed E-state index contributed by atoms with van der Waals surface area (Å²) < 4.78 is 10.5. The summed E-state index contributed by atoms with van der Waals surface area (Å²) in [4.78, 5) is 0. The minimum Gasteiger partial charge on any atom is -0.497 e. The first-order valence-electron chi connectivity index (χ1n) is 6.51. The van der Waals surface area contributed by atoms with Crippen LogP contribution in [0.5, 0.6) is 11.5 Å². The van der Waals surface area contributed by atoms with Gasteiger partial charge in [0.25, 0.3) is 0 Å². The van der Waals surface area contributed by atoms with Crippen LogP contribution in [0.3, 0.4) is 0 Å². The summed E-state index contributed by atoms with van der Waals surface area (Å²) in [6, 6.07) is 8.10. The third-order valence-electron chi connectivity index (χ3n) is 3.72. The van der Waals surface area contributed by atoms with Crippen LogP contribution in [-0.4, -0.2) is 20.8 Å². The van der Waals surface area contributed by atoms with Crippen LogP contribution in [0.4, 0.5) is 0 Å². The summed E-state index contributed by atoms with van der Waals surface area (Å²) in [5, 5.41) is 12.2. The number of hydrogen-bond donors (Lipinski definition) is 1. The maximum Gasteiger partial charge on any atom is 0.127 e. The lowest BCUT2D eigenvalue weighted by Crippen LogP contribution is -2.23. The molecule has 0 aliphatic heterocycles. The minimum absolute atomic E-state index is 0.231. The Balaban J connectivity index is 1.91. The molecular weight excluding hydrogens is 240 g/mol. The Morgan fingerprint density at radius 3 is 2.68 bits per heavy atom. The zero-order chi connectivity index (χ0) is 13.7. The van der Waals surface area contributed by atoms with Crippen molar-refractivity contribution in [3.8, 4) is 17.6 Å². The predicted molar refractivity (Wildman–Crippen MR) is 73.1 cm³/mol. The molecule has 1 aliphatic rings. The number of benzene rings is 1. The molecule has 0 unspecified atom stereocenters. The summed E-state index contributed by atoms with van der Waals surface area (Å²) in [6.45, 7) is 1.65. The van der Waals surface area contributed by atoms with Crippen molar-refractivity contribution in [2.24, 2.45) is 5.41 Å². The Morgan fingerprint density at radius 1 is 1.32 bits per heavy atom. The highest BCUT2D eigenvalue weighted by Gasteiger charge is 2.41. The van der Waals surface area contributed by atoms with Crippen molar-refractivity contribution >= 4 is 0 Å². The summed E-state index contributed by atoms with van der Waals surface area (Å²) in [7, 11) is 3.31. The van der Waals surface area contributed by atoms with Gasteiger partial charge in [-0.05, 0) is 24.3 Å². The van der Waals surface area contributed by atoms with Gasteiger partial charge in [0.05, 0.1) is 20.3 Å². The van der Waals surface area contributed by atoms with E-state index in [2.05, 4.69) is 11.4 Å². The van der Waals surface area contributed by atoms with Gasteiger partial charge in [0.15, 0.2) is 0 Å². The van der Waals surface area contributed by atoms with Crippen LogP contribution in [0.25, 0.3) is 0 Å². The summed E-state index contributed by atoms with van der Waals surface area (Å²) >= 11 is 0. The van der Waals surface area contributed by atoms with E-state index in [0.717, 1.165) is 43.0 Å². The van der Waals surface area contributed by atoms with Crippen molar-refractivity contribution < 1.29 is 9.47 Å². The fraction of sp³-hybridized carbons (Fsp3) is 0.533. The number of ether oxygens (including phenoxy) is 2. The third kappa shape index (κ3) is 3.39. The first-order valence-corrected chi connectivity index (χ1v) is 6.51. The summed E-state index contributed by atoms with van der Waals surface area (Å²) in [5.41, 5.74) is 1.34. The zero-order valence-electron chi connectivity index (χ0n) is 11.5. The number of nitrogens with zero attached hydrogens (tertiary/aromatic N) is 1. The minimum atomic E-state index is 0.231. The van der Waals surface area contributed by atoms with E-state index in [4.69, 9.17) is 14.7 Å². The lowest BCUT2D eigenvalue weighted by Gasteiger charge is -2.14. The quantitative estimate of drug-likeness (QED) is 0.818. The molecule has 1 saturated carbocycles. The van der Waals surface area contributed by atoms with E-state index < -0.39 is 0 Å². The maximum absolute atomic E-state index is 8.79. The summed E-state index contributed by atoms with van der Waals surface area (Å²) in [5.74, 6) is 1.63. The van der Waals surface area contributed by atoms with E-state index >= 15 is 0 Å². The van der Waals surface area contributed by atoms with E-state index in [1.54, 1.807) is 14.2 Å². The molecule has 0 amide bonds. The zero-order valence-corrected chi connectivity index (χ0v) is 11.5. The van der Waals surface area contributed by atoms with Crippen molar-refractivity contribution in [3.05, 3.63) is 23.8 Å². The Bertz CT molecular complexity index is 476. The van der Waals surface area contributed by atoms with Crippen molar-refractivity contribution in [3.63, 3.8) is 0 Å². The molecule has 0 heterocycles. The van der Waals surface area contributed by atoms with Gasteiger partial charge in [0.2, 0.25) is 0 Å². The molecule has 102 valence electrons. The molecule has 0 saturated heterocycles. The highest BCUT2D eigenvalue weighted by atomic mass is 16.5. The van der Waals surface area contributed by atoms with Gasteiger partial charge in [0, 0.05) is 31.1 Å². The molecule has 19 heavy (non-hydrogen) atoms. The lowest BCUT2D eigenvalue weighted by molar-refractivity contribution is 0.388. The average molecular weight is 260 g/mol. The molecule has 4 heteroatoms. The van der Waals surface area contributed by atoms with Gasteiger partial charge in [-0.15, -0.1) is 0 Å². The van der Waals surface area contributed by atoms with Crippen molar-refractivity contribution in [1.29, 1.82) is 5.26 Å². The Labute approximate surface area is 114 Å². The number of nitrogens with one attached hydrogen (secondary N) is 1. The Kier molecular flexibility index (Phi) is 4.28. The standard InChI is InChI=1S/C15H20N2O2/c1-18-13-4-3-12(14(9-13)19-2)10-17-11-15(5-6-15)7-8-16/h3-4,9,17H,5-7,10-11H2,1-2H3. The van der Waals surface area contributed by atoms with Gasteiger partial charge in [-0.25, -0.2) is 0 Å². The van der Waals surface area contributed by atoms with E-state index in [0.29, 0.717) is 6.42 Å². The molecule has 0 aromatic heterocycles. The molecule has 0 spiro atoms. The molecule has 0 atom stereocenters. The molecule has 1 aromatic carbocycles. The third-order valence-corrected chi connectivity index (χ3v) is 3.72. The molecule has 1 N–H and O–H groups in total. The fourth-order valence-corrected chi connectivity index (χ4v) is 2.22. The molecule has 1 aromatic rings. The molecule has 1 aliphatic carbocycles. The number of rotatable bonds is 7. The Morgan fingerprint density at radius 2 is 2.11 bits per heavy atom. The first kappa shape index (κ1) is 13.7. The predicted octanol–water partition coefficient (Wildman–Crippen LogP) is 2.49. The second-order valence-corrected chi connectivity index (χ2v) is 5.12. The largest absolute Gasteiger partial charge is 0.497 e. The molecule has 2 rings (SSSR count). The second-order valence-electron chi connectivity index (χ2n) is 5.12. The van der Waals surface area contributed by atoms with Crippen LogP contribution in [0.2, 0.25) is 0 Å². The smallest absolute Gasteiger partial charge is 0.127 e. The maximum atomic E-state index is 8.79. The van der Waals surface area contributed by atoms with Crippen LogP contribution >= 0.6 is 0 Å². The highest BCUT2D eigenvalue weighted by Crippen LogP contribution is 2.47. The number of methoxy groups -OCH3 is 2. The van der Waals surface area contributed by atoms with Gasteiger partial charge >= 0.3 is 0 Å². The highest BCUT2D eigenvalue weighted by molar-refractivity contribution is 5.40. The molecule has 0 bridgehead atoms. The van der Waals surface area contributed by atoms with E-state index in [1.165, 1.54) is 0 Å². The van der Waals surface area contributed by atoms with E-state index in [9.17, 15) is 0 Å². The average Bonchev–Trinajstić information content (AvgIpc) is 3.19. The van der Waals surface area contributed by atoms with Gasteiger partial charge < -0.3 is 14.8 Å². The molecule has 0 radical (unpaired) electrons. The number of nitriles is 1. The normalized spacial score (nSPS) is 15.6. The van der Waals surface area contributed by atoms with Crippen LogP contribution in [0.1, 0.15) is 24.8 Å². The second kappa shape index (κ2) is 5.94. The molecule has 4 nitrogen and oxygen atoms in total. The van der Waals surface area contributed by atoms with Crippen molar-refractivity contribution in [2.75, 3.05) is 20.8 Å². The monoisotopic (exact) mass is 260 g/mol. The van der Waals surface area contributed by atoms with E-state index in [1.807, 2.05) is 18.2 Å². The van der Waals surface area contributed by atoms with Crippen molar-refractivity contribution in [1.82, 2.24) is 5.32 Å². The summed E-state index contributed by atoms with van der Waals surface area (Å²) in [6.07, 6.45) is 2.97. The van der Waals surface area contributed by atoms with Gasteiger partial charge in [-0.3, -0.25) is 0 Å². The van der Waals surface area contributed by atoms with E-state index in [-0.39, 0.29) is 5.41 Å². The molecule has 1 fully saturated rings. The van der Waals surface area contributed by atoms with Gasteiger partial charge in [-0.2, -0.15) is 5.26 Å². The van der Waals surface area contributed by atoms with Crippen LogP contribution in [0, 0.1) is 16.7 Å². The van der Waals surface area contributed by atoms with Crippen LogP contribution < -0.4 is 14.8 Å². The topological polar surface area (TPSA) is 54.3 Å². The van der Waals surface area contributed by atoms with Gasteiger partial charge in [-0.1, -0.05) is 6.07 Å². The van der Waals surface area contributed by atoms with Crippen LogP contribution in [-0.2, 0) is 6.54 Å².